The molecular formula is C27H26F3N3O6S. The van der Waals surface area contributed by atoms with E-state index in [2.05, 4.69) is 5.32 Å². The second kappa shape index (κ2) is 11.5. The number of alkyl halides is 3. The zero-order chi connectivity index (χ0) is 29.1. The molecule has 0 unspecified atom stereocenters. The minimum Gasteiger partial charge on any atom is -0.493 e. The first kappa shape index (κ1) is 28.7. The number of halogens is 3. The molecule has 4 rings (SSSR count). The quantitative estimate of drug-likeness (QED) is 0.396. The molecule has 0 spiro atoms. The van der Waals surface area contributed by atoms with Crippen LogP contribution in [0.15, 0.2) is 71.6 Å². The van der Waals surface area contributed by atoms with Crippen molar-refractivity contribution in [1.29, 1.82) is 0 Å². The SMILES string of the molecule is COc1ccc(S(=O)(=O)N(CC(=O)Nc2ccc(N3CCCC3=O)cc2)c2cccc(C(F)(F)F)c2)cc1OC. The summed E-state index contributed by atoms with van der Waals surface area (Å²) in [4.78, 5) is 26.3. The molecule has 1 fully saturated rings. The number of hydrogen-bond acceptors (Lipinski definition) is 6. The minimum absolute atomic E-state index is 0.00566. The summed E-state index contributed by atoms with van der Waals surface area (Å²) < 4.78 is 78.7. The van der Waals surface area contributed by atoms with Gasteiger partial charge in [0.15, 0.2) is 11.5 Å². The molecule has 9 nitrogen and oxygen atoms in total. The monoisotopic (exact) mass is 577 g/mol. The minimum atomic E-state index is -4.74. The van der Waals surface area contributed by atoms with Crippen molar-refractivity contribution in [2.75, 3.05) is 41.8 Å². The number of anilines is 3. The van der Waals surface area contributed by atoms with Gasteiger partial charge in [-0.05, 0) is 61.0 Å². The average Bonchev–Trinajstić information content (AvgIpc) is 3.36. The van der Waals surface area contributed by atoms with E-state index in [-0.39, 0.29) is 28.0 Å². The summed E-state index contributed by atoms with van der Waals surface area (Å²) in [6.45, 7) is -0.241. The zero-order valence-corrected chi connectivity index (χ0v) is 22.4. The number of nitrogens with zero attached hydrogens (tertiary/aromatic N) is 2. The Morgan fingerprint density at radius 2 is 1.70 bits per heavy atom. The van der Waals surface area contributed by atoms with Gasteiger partial charge in [0.2, 0.25) is 11.8 Å². The van der Waals surface area contributed by atoms with Crippen molar-refractivity contribution in [3.05, 3.63) is 72.3 Å². The Morgan fingerprint density at radius 1 is 1.00 bits per heavy atom. The number of carbonyl (C=O) groups excluding carboxylic acids is 2. The van der Waals surface area contributed by atoms with Gasteiger partial charge in [0, 0.05) is 30.4 Å². The molecule has 0 atom stereocenters. The van der Waals surface area contributed by atoms with Crippen LogP contribution in [0.3, 0.4) is 0 Å². The van der Waals surface area contributed by atoms with E-state index in [0.717, 1.165) is 24.6 Å². The number of amides is 2. The first-order chi connectivity index (χ1) is 18.9. The number of methoxy groups -OCH3 is 2. The normalized spacial score (nSPS) is 13.7. The van der Waals surface area contributed by atoms with Crippen LogP contribution in [-0.4, -0.2) is 47.5 Å². The van der Waals surface area contributed by atoms with Gasteiger partial charge < -0.3 is 19.7 Å². The van der Waals surface area contributed by atoms with Crippen molar-refractivity contribution >= 4 is 38.9 Å². The van der Waals surface area contributed by atoms with Gasteiger partial charge >= 0.3 is 6.18 Å². The van der Waals surface area contributed by atoms with Crippen LogP contribution >= 0.6 is 0 Å². The number of sulfonamides is 1. The van der Waals surface area contributed by atoms with Crippen molar-refractivity contribution in [3.63, 3.8) is 0 Å². The number of hydrogen-bond donors (Lipinski definition) is 1. The molecule has 3 aromatic carbocycles. The molecule has 1 saturated heterocycles. The van der Waals surface area contributed by atoms with Gasteiger partial charge in [-0.25, -0.2) is 8.42 Å². The van der Waals surface area contributed by atoms with Gasteiger partial charge in [-0.3, -0.25) is 13.9 Å². The fourth-order valence-corrected chi connectivity index (χ4v) is 5.66. The molecule has 3 aromatic rings. The van der Waals surface area contributed by atoms with Gasteiger partial charge in [0.1, 0.15) is 6.54 Å². The van der Waals surface area contributed by atoms with E-state index in [1.807, 2.05) is 0 Å². The lowest BCUT2D eigenvalue weighted by Crippen LogP contribution is -2.38. The molecule has 0 radical (unpaired) electrons. The first-order valence-corrected chi connectivity index (χ1v) is 13.5. The first-order valence-electron chi connectivity index (χ1n) is 12.1. The highest BCUT2D eigenvalue weighted by Gasteiger charge is 2.33. The van der Waals surface area contributed by atoms with Crippen LogP contribution < -0.4 is 24.0 Å². The summed E-state index contributed by atoms with van der Waals surface area (Å²) in [6, 6.07) is 13.8. The summed E-state index contributed by atoms with van der Waals surface area (Å²) in [5.41, 5.74) is -0.470. The Bertz CT molecular complexity index is 1510. The molecule has 13 heteroatoms. The third kappa shape index (κ3) is 6.14. The predicted molar refractivity (Wildman–Crippen MR) is 142 cm³/mol. The average molecular weight is 578 g/mol. The molecule has 0 saturated carbocycles. The molecule has 0 aromatic heterocycles. The molecule has 212 valence electrons. The number of nitrogens with one attached hydrogen (secondary N) is 1. The molecule has 40 heavy (non-hydrogen) atoms. The van der Waals surface area contributed by atoms with Gasteiger partial charge in [0.25, 0.3) is 10.0 Å². The molecule has 1 heterocycles. The second-order valence-electron chi connectivity index (χ2n) is 8.82. The zero-order valence-electron chi connectivity index (χ0n) is 21.6. The van der Waals surface area contributed by atoms with Crippen LogP contribution in [0, 0.1) is 0 Å². The Kier molecular flexibility index (Phi) is 8.24. The van der Waals surface area contributed by atoms with Crippen molar-refractivity contribution < 1.29 is 40.7 Å². The van der Waals surface area contributed by atoms with E-state index in [4.69, 9.17) is 9.47 Å². The van der Waals surface area contributed by atoms with Crippen molar-refractivity contribution in [1.82, 2.24) is 0 Å². The van der Waals surface area contributed by atoms with Crippen LogP contribution in [0.5, 0.6) is 11.5 Å². The number of benzene rings is 3. The van der Waals surface area contributed by atoms with Gasteiger partial charge in [-0.15, -0.1) is 0 Å². The van der Waals surface area contributed by atoms with Gasteiger partial charge in [0.05, 0.1) is 30.4 Å². The van der Waals surface area contributed by atoms with Crippen LogP contribution in [-0.2, 0) is 25.8 Å². The summed E-state index contributed by atoms with van der Waals surface area (Å²) in [6.07, 6.45) is -3.54. The third-order valence-electron chi connectivity index (χ3n) is 6.23. The van der Waals surface area contributed by atoms with Crippen molar-refractivity contribution in [3.8, 4) is 11.5 Å². The molecule has 1 aliphatic rings. The molecule has 1 N–H and O–H groups in total. The maximum absolute atomic E-state index is 13.7. The van der Waals surface area contributed by atoms with Crippen LogP contribution in [0.2, 0.25) is 0 Å². The van der Waals surface area contributed by atoms with Gasteiger partial charge in [-0.1, -0.05) is 6.07 Å². The Labute approximate surface area is 229 Å². The lowest BCUT2D eigenvalue weighted by Gasteiger charge is -2.25. The standard InChI is InChI=1S/C27H26F3N3O6S/c1-38-23-13-12-22(16-24(23)39-2)40(36,37)33(21-6-3-5-18(15-21)27(28,29)30)17-25(34)31-19-8-10-20(11-9-19)32-14-4-7-26(32)35/h3,5-6,8-13,15-16H,4,7,14,17H2,1-2H3,(H,31,34). The van der Waals surface area contributed by atoms with Crippen molar-refractivity contribution in [2.24, 2.45) is 0 Å². The Balaban J connectivity index is 1.65. The van der Waals surface area contributed by atoms with E-state index in [1.165, 1.54) is 32.4 Å². The largest absolute Gasteiger partial charge is 0.493 e. The Morgan fingerprint density at radius 3 is 2.30 bits per heavy atom. The highest BCUT2D eigenvalue weighted by molar-refractivity contribution is 7.92. The molecule has 2 amide bonds. The summed E-state index contributed by atoms with van der Waals surface area (Å²) >= 11 is 0. The van der Waals surface area contributed by atoms with E-state index in [1.54, 1.807) is 29.2 Å². The summed E-state index contributed by atoms with van der Waals surface area (Å²) in [7, 11) is -1.90. The number of rotatable bonds is 9. The maximum atomic E-state index is 13.7. The maximum Gasteiger partial charge on any atom is 0.416 e. The van der Waals surface area contributed by atoms with E-state index in [0.29, 0.717) is 34.7 Å². The Hall–Kier alpha value is -4.26. The van der Waals surface area contributed by atoms with Crippen molar-refractivity contribution in [2.45, 2.75) is 23.9 Å². The lowest BCUT2D eigenvalue weighted by atomic mass is 10.2. The summed E-state index contributed by atoms with van der Waals surface area (Å²) in [5.74, 6) is -0.488. The summed E-state index contributed by atoms with van der Waals surface area (Å²) in [5, 5.41) is 2.56. The lowest BCUT2D eigenvalue weighted by molar-refractivity contribution is -0.137. The van der Waals surface area contributed by atoms with Gasteiger partial charge in [-0.2, -0.15) is 13.2 Å². The molecule has 0 bridgehead atoms. The highest BCUT2D eigenvalue weighted by atomic mass is 32.2. The smallest absolute Gasteiger partial charge is 0.416 e. The molecule has 1 aliphatic heterocycles. The predicted octanol–water partition coefficient (Wildman–Crippen LogP) is 4.68. The van der Waals surface area contributed by atoms with Crippen LogP contribution in [0.1, 0.15) is 18.4 Å². The van der Waals surface area contributed by atoms with E-state index < -0.39 is 34.2 Å². The van der Waals surface area contributed by atoms with Crippen LogP contribution in [0.25, 0.3) is 0 Å². The molecule has 0 aliphatic carbocycles. The fraction of sp³-hybridized carbons (Fsp3) is 0.259. The van der Waals surface area contributed by atoms with E-state index in [9.17, 15) is 31.2 Å². The highest BCUT2D eigenvalue weighted by Crippen LogP contribution is 2.35. The third-order valence-corrected chi connectivity index (χ3v) is 8.00. The second-order valence-corrected chi connectivity index (χ2v) is 10.7. The topological polar surface area (TPSA) is 105 Å². The molecular weight excluding hydrogens is 551 g/mol. The fourth-order valence-electron chi connectivity index (χ4n) is 4.23. The van der Waals surface area contributed by atoms with Crippen LogP contribution in [0.4, 0.5) is 30.2 Å². The van der Waals surface area contributed by atoms with E-state index >= 15 is 0 Å². The number of ether oxygens (including phenoxy) is 2. The number of carbonyl (C=O) groups is 2.